The van der Waals surface area contributed by atoms with Crippen molar-refractivity contribution in [2.24, 2.45) is 0 Å². The highest BCUT2D eigenvalue weighted by molar-refractivity contribution is 5.93. The van der Waals surface area contributed by atoms with Gasteiger partial charge >= 0.3 is 0 Å². The SMILES string of the molecule is CC(C)n1cc(N)cc1C(=O)N1CCCCO1. The summed E-state index contributed by atoms with van der Waals surface area (Å²) in [5.41, 5.74) is 6.96. The maximum Gasteiger partial charge on any atom is 0.294 e. The Bertz CT molecular complexity index is 406. The summed E-state index contributed by atoms with van der Waals surface area (Å²) in [7, 11) is 0. The number of hydrogen-bond acceptors (Lipinski definition) is 3. The van der Waals surface area contributed by atoms with E-state index in [1.165, 1.54) is 5.06 Å². The monoisotopic (exact) mass is 237 g/mol. The lowest BCUT2D eigenvalue weighted by Gasteiger charge is -2.26. The average molecular weight is 237 g/mol. The van der Waals surface area contributed by atoms with Crippen LogP contribution in [0.2, 0.25) is 0 Å². The van der Waals surface area contributed by atoms with Crippen LogP contribution in [0.3, 0.4) is 0 Å². The van der Waals surface area contributed by atoms with E-state index in [0.29, 0.717) is 24.5 Å². The molecule has 1 aliphatic rings. The summed E-state index contributed by atoms with van der Waals surface area (Å²) in [6, 6.07) is 1.91. The van der Waals surface area contributed by atoms with Gasteiger partial charge in [0.25, 0.3) is 5.91 Å². The third-order valence-corrected chi connectivity index (χ3v) is 2.87. The maximum absolute atomic E-state index is 12.3. The van der Waals surface area contributed by atoms with E-state index in [1.807, 2.05) is 18.4 Å². The van der Waals surface area contributed by atoms with Gasteiger partial charge in [-0.1, -0.05) is 0 Å². The molecule has 0 spiro atoms. The minimum atomic E-state index is -0.102. The highest BCUT2D eigenvalue weighted by atomic mass is 16.7. The van der Waals surface area contributed by atoms with Crippen molar-refractivity contribution >= 4 is 11.6 Å². The van der Waals surface area contributed by atoms with Crippen molar-refractivity contribution in [1.29, 1.82) is 0 Å². The highest BCUT2D eigenvalue weighted by Gasteiger charge is 2.23. The number of aromatic nitrogens is 1. The van der Waals surface area contributed by atoms with Gasteiger partial charge in [0, 0.05) is 18.8 Å². The zero-order valence-corrected chi connectivity index (χ0v) is 10.3. The molecule has 0 bridgehead atoms. The second-order valence-corrected chi connectivity index (χ2v) is 4.61. The molecule has 0 unspecified atom stereocenters. The smallest absolute Gasteiger partial charge is 0.294 e. The van der Waals surface area contributed by atoms with Gasteiger partial charge in [-0.25, -0.2) is 5.06 Å². The first kappa shape index (κ1) is 12.0. The molecule has 1 saturated heterocycles. The first-order valence-corrected chi connectivity index (χ1v) is 6.01. The molecule has 5 heteroatoms. The van der Waals surface area contributed by atoms with E-state index in [2.05, 4.69) is 0 Å². The lowest BCUT2D eigenvalue weighted by molar-refractivity contribution is -0.144. The summed E-state index contributed by atoms with van der Waals surface area (Å²) in [5.74, 6) is -0.102. The Morgan fingerprint density at radius 3 is 2.82 bits per heavy atom. The minimum absolute atomic E-state index is 0.102. The third-order valence-electron chi connectivity index (χ3n) is 2.87. The van der Waals surface area contributed by atoms with Crippen molar-refractivity contribution in [3.8, 4) is 0 Å². The molecule has 0 atom stereocenters. The molecule has 2 N–H and O–H groups in total. The minimum Gasteiger partial charge on any atom is -0.397 e. The summed E-state index contributed by atoms with van der Waals surface area (Å²) in [6.45, 7) is 5.31. The van der Waals surface area contributed by atoms with Gasteiger partial charge in [0.1, 0.15) is 5.69 Å². The largest absolute Gasteiger partial charge is 0.397 e. The van der Waals surface area contributed by atoms with E-state index in [0.717, 1.165) is 12.8 Å². The molecule has 1 aromatic heterocycles. The lowest BCUT2D eigenvalue weighted by Crippen LogP contribution is -2.36. The molecule has 1 aliphatic heterocycles. The fourth-order valence-corrected chi connectivity index (χ4v) is 1.98. The Balaban J connectivity index is 2.23. The molecule has 0 saturated carbocycles. The molecule has 5 nitrogen and oxygen atoms in total. The first-order valence-electron chi connectivity index (χ1n) is 6.01. The Morgan fingerprint density at radius 2 is 2.24 bits per heavy atom. The summed E-state index contributed by atoms with van der Waals surface area (Å²) in [4.78, 5) is 17.6. The van der Waals surface area contributed by atoms with Crippen LogP contribution in [-0.2, 0) is 4.84 Å². The molecule has 17 heavy (non-hydrogen) atoms. The molecule has 2 rings (SSSR count). The highest BCUT2D eigenvalue weighted by Crippen LogP contribution is 2.19. The number of amides is 1. The van der Waals surface area contributed by atoms with Crippen LogP contribution < -0.4 is 5.73 Å². The predicted octanol–water partition coefficient (Wildman–Crippen LogP) is 1.82. The molecule has 2 heterocycles. The number of anilines is 1. The normalized spacial score (nSPS) is 16.5. The number of nitrogens with two attached hydrogens (primary N) is 1. The second kappa shape index (κ2) is 4.79. The van der Waals surface area contributed by atoms with Crippen LogP contribution in [0.1, 0.15) is 43.2 Å². The number of carbonyl (C=O) groups is 1. The number of hydrogen-bond donors (Lipinski definition) is 1. The van der Waals surface area contributed by atoms with Crippen LogP contribution in [0, 0.1) is 0 Å². The molecular formula is C12H19N3O2. The van der Waals surface area contributed by atoms with Gasteiger partial charge in [-0.05, 0) is 32.8 Å². The van der Waals surface area contributed by atoms with Crippen LogP contribution in [0.25, 0.3) is 0 Å². The van der Waals surface area contributed by atoms with Crippen molar-refractivity contribution in [3.63, 3.8) is 0 Å². The number of nitrogen functional groups attached to an aromatic ring is 1. The maximum atomic E-state index is 12.3. The molecular weight excluding hydrogens is 218 g/mol. The van der Waals surface area contributed by atoms with Gasteiger partial charge < -0.3 is 10.3 Å². The van der Waals surface area contributed by atoms with Crippen molar-refractivity contribution in [2.75, 3.05) is 18.9 Å². The Morgan fingerprint density at radius 1 is 1.47 bits per heavy atom. The average Bonchev–Trinajstić information content (AvgIpc) is 2.72. The van der Waals surface area contributed by atoms with Gasteiger partial charge in [0.05, 0.1) is 12.3 Å². The summed E-state index contributed by atoms with van der Waals surface area (Å²) >= 11 is 0. The van der Waals surface area contributed by atoms with E-state index in [1.54, 1.807) is 12.3 Å². The Kier molecular flexibility index (Phi) is 3.38. The fourth-order valence-electron chi connectivity index (χ4n) is 1.98. The molecule has 0 radical (unpaired) electrons. The van der Waals surface area contributed by atoms with Gasteiger partial charge in [0.2, 0.25) is 0 Å². The van der Waals surface area contributed by atoms with Crippen LogP contribution in [0.4, 0.5) is 5.69 Å². The van der Waals surface area contributed by atoms with Crippen LogP contribution in [0.15, 0.2) is 12.3 Å². The zero-order chi connectivity index (χ0) is 12.4. The summed E-state index contributed by atoms with van der Waals surface area (Å²) in [6.07, 6.45) is 3.79. The second-order valence-electron chi connectivity index (χ2n) is 4.61. The van der Waals surface area contributed by atoms with Gasteiger partial charge in [0.15, 0.2) is 0 Å². The molecule has 1 aromatic rings. The van der Waals surface area contributed by atoms with Crippen molar-refractivity contribution < 1.29 is 9.63 Å². The predicted molar refractivity (Wildman–Crippen MR) is 65.5 cm³/mol. The van der Waals surface area contributed by atoms with E-state index in [4.69, 9.17) is 10.6 Å². The quantitative estimate of drug-likeness (QED) is 0.853. The van der Waals surface area contributed by atoms with Crippen molar-refractivity contribution in [3.05, 3.63) is 18.0 Å². The number of nitrogens with zero attached hydrogens (tertiary/aromatic N) is 2. The van der Waals surface area contributed by atoms with Crippen LogP contribution in [0.5, 0.6) is 0 Å². The van der Waals surface area contributed by atoms with E-state index in [-0.39, 0.29) is 11.9 Å². The van der Waals surface area contributed by atoms with Gasteiger partial charge in [-0.3, -0.25) is 9.63 Å². The first-order chi connectivity index (χ1) is 8.09. The molecule has 0 aromatic carbocycles. The standard InChI is InChI=1S/C12H19N3O2/c1-9(2)14-8-10(13)7-11(14)12(16)15-5-3-4-6-17-15/h7-9H,3-6,13H2,1-2H3. The number of carbonyl (C=O) groups excluding carboxylic acids is 1. The molecule has 94 valence electrons. The third kappa shape index (κ3) is 2.44. The summed E-state index contributed by atoms with van der Waals surface area (Å²) in [5, 5.41) is 1.44. The van der Waals surface area contributed by atoms with E-state index < -0.39 is 0 Å². The van der Waals surface area contributed by atoms with E-state index in [9.17, 15) is 4.79 Å². The van der Waals surface area contributed by atoms with Gasteiger partial charge in [-0.15, -0.1) is 0 Å². The number of hydroxylamine groups is 2. The fraction of sp³-hybridized carbons (Fsp3) is 0.583. The molecule has 1 fully saturated rings. The number of rotatable bonds is 2. The van der Waals surface area contributed by atoms with Crippen LogP contribution >= 0.6 is 0 Å². The topological polar surface area (TPSA) is 60.5 Å². The lowest BCUT2D eigenvalue weighted by atomic mass is 10.2. The van der Waals surface area contributed by atoms with Gasteiger partial charge in [-0.2, -0.15) is 0 Å². The summed E-state index contributed by atoms with van der Waals surface area (Å²) < 4.78 is 1.88. The van der Waals surface area contributed by atoms with Crippen LogP contribution in [-0.4, -0.2) is 28.7 Å². The Labute approximate surface area is 101 Å². The zero-order valence-electron chi connectivity index (χ0n) is 10.3. The Hall–Kier alpha value is -1.49. The van der Waals surface area contributed by atoms with Crippen molar-refractivity contribution in [1.82, 2.24) is 9.63 Å². The molecule has 0 aliphatic carbocycles. The molecule has 1 amide bonds. The van der Waals surface area contributed by atoms with E-state index >= 15 is 0 Å². The van der Waals surface area contributed by atoms with Crippen molar-refractivity contribution in [2.45, 2.75) is 32.7 Å².